The van der Waals surface area contributed by atoms with Gasteiger partial charge in [0.05, 0.1) is 6.04 Å². The minimum Gasteiger partial charge on any atom is -0.444 e. The second-order valence-electron chi connectivity index (χ2n) is 38.3. The first-order valence-corrected chi connectivity index (χ1v) is 43.0. The van der Waals surface area contributed by atoms with Crippen LogP contribution in [0.2, 0.25) is 0 Å². The molecule has 26 nitrogen and oxygen atoms in total. The topological polar surface area (TPSA) is 354 Å². The number of nitrogens with one attached hydrogen (secondary N) is 7. The zero-order valence-corrected chi connectivity index (χ0v) is 67.4. The maximum absolute atomic E-state index is 15.1. The molecule has 8 aliphatic carbocycles. The highest BCUT2D eigenvalue weighted by atomic mass is 32.2. The number of fused-ring (bicyclic) bond motifs is 2. The van der Waals surface area contributed by atoms with Gasteiger partial charge in [-0.15, -0.1) is 0 Å². The quantitative estimate of drug-likeness (QED) is 0.0552. The lowest BCUT2D eigenvalue weighted by atomic mass is 9.73. The van der Waals surface area contributed by atoms with E-state index in [2.05, 4.69) is 63.7 Å². The van der Waals surface area contributed by atoms with Gasteiger partial charge in [-0.25, -0.2) is 14.2 Å². The minimum atomic E-state index is -4.08. The van der Waals surface area contributed by atoms with Crippen LogP contribution in [-0.2, 0) is 63.5 Å². The van der Waals surface area contributed by atoms with E-state index in [-0.39, 0.29) is 68.0 Å². The van der Waals surface area contributed by atoms with Gasteiger partial charge in [0.15, 0.2) is 0 Å². The SMILES string of the molecule is CC[C@@H]1C[C@]1(NC(=O)[C@@H]1C[C@@]2(CN1C(=O)[C@@H](NC(=O)[C@@H](N)C1CCCCC1)C(C)(C)C)C(C)(C)C21CCC1)C(=O)NS(=O)(=O)N1CCCC1.CC[C@@H]1C[C@]1(NC(=O)[C@@H]1C[C@@]2(CN1C(=O)[C@@H](NC(=O)[C@@H](NC(=O)OC(C)(C)C)C1CCCCC1)C(C)(C)C)C(C)(C)C21CCC1)C(=O)NS(=O)(=O)N1CCCC1. The zero-order chi connectivity index (χ0) is 77.1. The molecular weight excluding hydrogens is 1380 g/mol. The first kappa shape index (κ1) is 80.8. The van der Waals surface area contributed by atoms with Gasteiger partial charge in [-0.05, 0) is 180 Å². The van der Waals surface area contributed by atoms with Crippen LogP contribution in [0.3, 0.4) is 0 Å². The van der Waals surface area contributed by atoms with Crippen LogP contribution in [0.25, 0.3) is 0 Å². The Morgan fingerprint density at radius 3 is 1.15 bits per heavy atom. The summed E-state index contributed by atoms with van der Waals surface area (Å²) < 4.78 is 65.1. The fraction of sp³-hybridized carbons (Fsp3) is 0.883. The number of nitrogens with zero attached hydrogens (tertiary/aromatic N) is 4. The highest BCUT2D eigenvalue weighted by Crippen LogP contribution is 2.89. The minimum absolute atomic E-state index is 0.0120. The Labute approximate surface area is 625 Å². The van der Waals surface area contributed by atoms with Crippen LogP contribution < -0.4 is 41.8 Å². The van der Waals surface area contributed by atoms with Crippen molar-refractivity contribution in [3.63, 3.8) is 0 Å². The van der Waals surface area contributed by atoms with E-state index >= 15 is 4.79 Å². The standard InChI is InChI=1S/C41H68N6O8S.C36H60N6O6S/c1-10-27-23-41(27,34(51)45-56(53,54)46-21-14-15-22-46)44-31(48)28-24-40(38(8,9)39(40)19-16-20-39)25-47(28)33(50)30(36(2,3)4)43-32(49)29(26-17-12-11-13-18-26)42-35(52)55-37(5,6)7;1-7-24-20-36(24,31(46)40-49(47,48)41-18-11-12-19-41)39-28(43)25-21-35(33(5,6)34(35)16-13-17-34)22-42(25)30(45)27(32(2,3)4)38-29(44)26(37)23-14-9-8-10-15-23/h26-30H,10-25H2,1-9H3,(H,42,52)(H,43,49)(H,44,48)(H,45,51);23-27H,7-22,37H2,1-6H3,(H,38,44)(H,39,43)(H,40,46)/t27-,28+,29+,30-,40-,41-;24-,25+,26+,27-,35-,36-/m11/s1. The van der Waals surface area contributed by atoms with Crippen LogP contribution in [0, 0.1) is 67.0 Å². The molecule has 4 heterocycles. The molecule has 9 N–H and O–H groups in total. The summed E-state index contributed by atoms with van der Waals surface area (Å²) in [5.74, 6) is -4.43. The number of rotatable bonds is 21. The molecule has 0 unspecified atom stereocenters. The summed E-state index contributed by atoms with van der Waals surface area (Å²) in [6, 6.07) is -5.37. The van der Waals surface area contributed by atoms with Gasteiger partial charge in [0.25, 0.3) is 11.8 Å². The number of likely N-dealkylation sites (tertiary alicyclic amines) is 2. The number of alkyl carbamates (subject to hydrolysis) is 1. The molecule has 4 saturated heterocycles. The molecule has 4 spiro atoms. The molecule has 28 heteroatoms. The Morgan fingerprint density at radius 1 is 0.476 bits per heavy atom. The predicted octanol–water partition coefficient (Wildman–Crippen LogP) is 7.49. The molecule has 8 saturated carbocycles. The Bertz CT molecular complexity index is 3610. The van der Waals surface area contributed by atoms with Gasteiger partial charge < -0.3 is 46.9 Å². The Hall–Kier alpha value is -5.19. The van der Waals surface area contributed by atoms with Crippen molar-refractivity contribution < 1.29 is 64.7 Å². The lowest BCUT2D eigenvalue weighted by Crippen LogP contribution is -2.62. The summed E-state index contributed by atoms with van der Waals surface area (Å²) in [5, 5.41) is 14.9. The molecule has 0 aromatic heterocycles. The maximum atomic E-state index is 15.1. The van der Waals surface area contributed by atoms with Gasteiger partial charge in [0.1, 0.15) is 46.9 Å². The molecule has 592 valence electrons. The van der Waals surface area contributed by atoms with E-state index in [0.717, 1.165) is 128 Å². The fourth-order valence-corrected chi connectivity index (χ4v) is 24.4. The number of hydrogen-bond acceptors (Lipinski definition) is 15. The van der Waals surface area contributed by atoms with E-state index in [1.54, 1.807) is 30.6 Å². The monoisotopic (exact) mass is 1510 g/mol. The molecule has 0 aromatic rings. The molecule has 12 rings (SSSR count). The van der Waals surface area contributed by atoms with Crippen molar-refractivity contribution in [2.75, 3.05) is 39.3 Å². The fourth-order valence-electron chi connectivity index (χ4n) is 21.9. The van der Waals surface area contributed by atoms with Crippen molar-refractivity contribution in [1.82, 2.24) is 54.4 Å². The molecule has 12 atom stereocenters. The molecule has 4 aliphatic heterocycles. The highest BCUT2D eigenvalue weighted by Gasteiger charge is 2.87. The molecule has 12 fully saturated rings. The van der Waals surface area contributed by atoms with Crippen molar-refractivity contribution >= 4 is 73.8 Å². The van der Waals surface area contributed by atoms with Crippen molar-refractivity contribution in [2.24, 2.45) is 72.7 Å². The van der Waals surface area contributed by atoms with Crippen LogP contribution in [0.1, 0.15) is 271 Å². The molecule has 0 radical (unpaired) electrons. The lowest BCUT2D eigenvalue weighted by molar-refractivity contribution is -0.145. The van der Waals surface area contributed by atoms with Crippen molar-refractivity contribution in [3.8, 4) is 0 Å². The van der Waals surface area contributed by atoms with Crippen LogP contribution in [0.4, 0.5) is 4.79 Å². The molecule has 9 amide bonds. The maximum Gasteiger partial charge on any atom is 0.408 e. The van der Waals surface area contributed by atoms with Gasteiger partial charge in [-0.2, -0.15) is 25.4 Å². The largest absolute Gasteiger partial charge is 0.444 e. The van der Waals surface area contributed by atoms with E-state index in [4.69, 9.17) is 10.5 Å². The zero-order valence-electron chi connectivity index (χ0n) is 65.8. The Kier molecular flexibility index (Phi) is 22.0. The van der Waals surface area contributed by atoms with E-state index in [1.165, 1.54) is 8.61 Å². The van der Waals surface area contributed by atoms with E-state index in [9.17, 15) is 55.2 Å². The molecule has 0 bridgehead atoms. The molecule has 12 aliphatic rings. The molecule has 105 heavy (non-hydrogen) atoms. The van der Waals surface area contributed by atoms with Gasteiger partial charge in [0.2, 0.25) is 35.4 Å². The third-order valence-electron chi connectivity index (χ3n) is 29.1. The van der Waals surface area contributed by atoms with Gasteiger partial charge in [0, 0.05) is 50.1 Å². The van der Waals surface area contributed by atoms with Crippen LogP contribution in [0.5, 0.6) is 0 Å². The molecular formula is C77H128N12O14S2. The second-order valence-corrected chi connectivity index (χ2v) is 41.7. The van der Waals surface area contributed by atoms with Crippen LogP contribution >= 0.6 is 0 Å². The first-order valence-electron chi connectivity index (χ1n) is 40.1. The van der Waals surface area contributed by atoms with Gasteiger partial charge in [-0.1, -0.05) is 147 Å². The highest BCUT2D eigenvalue weighted by molar-refractivity contribution is 7.88. The second kappa shape index (κ2) is 28.6. The number of carbonyl (C=O) groups is 9. The van der Waals surface area contributed by atoms with E-state index < -0.39 is 126 Å². The first-order chi connectivity index (χ1) is 48.8. The Morgan fingerprint density at radius 2 is 0.838 bits per heavy atom. The van der Waals surface area contributed by atoms with Crippen LogP contribution in [0.15, 0.2) is 0 Å². The van der Waals surface area contributed by atoms with E-state index in [0.29, 0.717) is 77.8 Å². The number of hydrogen-bond donors (Lipinski definition) is 8. The van der Waals surface area contributed by atoms with Crippen molar-refractivity contribution in [1.29, 1.82) is 0 Å². The summed E-state index contributed by atoms with van der Waals surface area (Å²) in [7, 11) is -8.11. The summed E-state index contributed by atoms with van der Waals surface area (Å²) >= 11 is 0. The molecule has 0 aromatic carbocycles. The summed E-state index contributed by atoms with van der Waals surface area (Å²) in [6.45, 7) is 31.5. The number of ether oxygens (including phenoxy) is 1. The predicted molar refractivity (Wildman–Crippen MR) is 397 cm³/mol. The van der Waals surface area contributed by atoms with E-state index in [1.807, 2.05) is 55.4 Å². The lowest BCUT2D eigenvalue weighted by Gasteiger charge is -2.38. The Balaban J connectivity index is 0.000000212. The summed E-state index contributed by atoms with van der Waals surface area (Å²) in [5.41, 5.74) is 0.727. The van der Waals surface area contributed by atoms with Gasteiger partial charge in [-0.3, -0.25) is 38.4 Å². The average Bonchev–Trinajstić information content (AvgIpc) is 1.46. The average molecular weight is 1510 g/mol. The van der Waals surface area contributed by atoms with Crippen LogP contribution in [-0.4, -0.2) is 181 Å². The number of amides is 9. The summed E-state index contributed by atoms with van der Waals surface area (Å²) in [6.07, 6.45) is 20.6. The van der Waals surface area contributed by atoms with Crippen molar-refractivity contribution in [3.05, 3.63) is 0 Å². The third-order valence-corrected chi connectivity index (χ3v) is 32.1. The smallest absolute Gasteiger partial charge is 0.408 e. The van der Waals surface area contributed by atoms with Crippen molar-refractivity contribution in [2.45, 2.75) is 324 Å². The third kappa shape index (κ3) is 14.4. The number of nitrogens with two attached hydrogens (primary N) is 1. The van der Waals surface area contributed by atoms with Gasteiger partial charge >= 0.3 is 26.5 Å². The number of carbonyl (C=O) groups excluding carboxylic acids is 9. The summed E-state index contributed by atoms with van der Waals surface area (Å²) in [4.78, 5) is 131. The normalized spacial score (nSPS) is 32.1.